The SMILES string of the molecule is COc1ccc2c(c1)C(C(=O)N1CC(c3cc(C)on3)C1)CC2. The number of likely N-dealkylation sites (tertiary alicyclic amines) is 1. The van der Waals surface area contributed by atoms with Crippen LogP contribution in [0, 0.1) is 6.92 Å². The van der Waals surface area contributed by atoms with Gasteiger partial charge in [0.05, 0.1) is 18.7 Å². The molecule has 0 radical (unpaired) electrons. The molecule has 120 valence electrons. The third kappa shape index (κ3) is 2.40. The van der Waals surface area contributed by atoms with Crippen LogP contribution < -0.4 is 4.74 Å². The van der Waals surface area contributed by atoms with Gasteiger partial charge in [-0.3, -0.25) is 4.79 Å². The van der Waals surface area contributed by atoms with E-state index in [2.05, 4.69) is 11.2 Å². The van der Waals surface area contributed by atoms with Crippen molar-refractivity contribution in [2.45, 2.75) is 31.6 Å². The number of carbonyl (C=O) groups excluding carboxylic acids is 1. The minimum absolute atomic E-state index is 0.0277. The maximum atomic E-state index is 12.8. The molecule has 1 aromatic carbocycles. The highest BCUT2D eigenvalue weighted by molar-refractivity contribution is 5.86. The number of carbonyl (C=O) groups is 1. The van der Waals surface area contributed by atoms with Crippen LogP contribution in [0.4, 0.5) is 0 Å². The van der Waals surface area contributed by atoms with Crippen molar-refractivity contribution in [3.63, 3.8) is 0 Å². The van der Waals surface area contributed by atoms with Crippen molar-refractivity contribution in [3.05, 3.63) is 46.8 Å². The number of fused-ring (bicyclic) bond motifs is 1. The standard InChI is InChI=1S/C18H20N2O3/c1-11-7-17(19-23-11)13-9-20(10-13)18(21)15-6-4-12-3-5-14(22-2)8-16(12)15/h3,5,7-8,13,15H,4,6,9-10H2,1-2H3. The number of aryl methyl sites for hydroxylation is 2. The minimum atomic E-state index is -0.0277. The number of ether oxygens (including phenoxy) is 1. The fourth-order valence-corrected chi connectivity index (χ4v) is 3.61. The molecule has 0 N–H and O–H groups in total. The maximum absolute atomic E-state index is 12.8. The quantitative estimate of drug-likeness (QED) is 0.874. The second-order valence-electron chi connectivity index (χ2n) is 6.46. The molecule has 2 aromatic rings. The Morgan fingerprint density at radius 3 is 2.87 bits per heavy atom. The highest BCUT2D eigenvalue weighted by Crippen LogP contribution is 2.38. The van der Waals surface area contributed by atoms with Crippen LogP contribution in [0.25, 0.3) is 0 Å². The molecular weight excluding hydrogens is 292 g/mol. The predicted octanol–water partition coefficient (Wildman–Crippen LogP) is 2.65. The van der Waals surface area contributed by atoms with E-state index in [1.165, 1.54) is 5.56 Å². The molecule has 2 aliphatic rings. The first-order valence-corrected chi connectivity index (χ1v) is 8.04. The molecule has 5 heteroatoms. The van der Waals surface area contributed by atoms with Gasteiger partial charge in [-0.1, -0.05) is 11.2 Å². The Bertz CT molecular complexity index is 746. The molecule has 1 saturated heterocycles. The van der Waals surface area contributed by atoms with Gasteiger partial charge in [0, 0.05) is 25.1 Å². The van der Waals surface area contributed by atoms with Gasteiger partial charge in [0.1, 0.15) is 11.5 Å². The molecule has 0 spiro atoms. The van der Waals surface area contributed by atoms with Gasteiger partial charge in [-0.25, -0.2) is 0 Å². The second kappa shape index (κ2) is 5.41. The lowest BCUT2D eigenvalue weighted by Gasteiger charge is -2.39. The Morgan fingerprint density at radius 1 is 1.35 bits per heavy atom. The first kappa shape index (κ1) is 14.3. The van der Waals surface area contributed by atoms with Crippen LogP contribution >= 0.6 is 0 Å². The first-order valence-electron chi connectivity index (χ1n) is 8.04. The third-order valence-corrected chi connectivity index (χ3v) is 4.99. The van der Waals surface area contributed by atoms with E-state index in [0.717, 1.165) is 48.7 Å². The van der Waals surface area contributed by atoms with Crippen molar-refractivity contribution in [1.29, 1.82) is 0 Å². The summed E-state index contributed by atoms with van der Waals surface area (Å²) in [5.41, 5.74) is 3.36. The van der Waals surface area contributed by atoms with Gasteiger partial charge in [0.25, 0.3) is 0 Å². The molecule has 2 heterocycles. The molecule has 1 atom stereocenters. The summed E-state index contributed by atoms with van der Waals surface area (Å²) in [6.07, 6.45) is 1.86. The molecule has 0 saturated carbocycles. The fourth-order valence-electron chi connectivity index (χ4n) is 3.61. The van der Waals surface area contributed by atoms with Crippen molar-refractivity contribution in [2.24, 2.45) is 0 Å². The van der Waals surface area contributed by atoms with Crippen molar-refractivity contribution >= 4 is 5.91 Å². The zero-order valence-corrected chi connectivity index (χ0v) is 13.4. The highest BCUT2D eigenvalue weighted by Gasteiger charge is 2.39. The van der Waals surface area contributed by atoms with Gasteiger partial charge in [0.15, 0.2) is 0 Å². The zero-order chi connectivity index (χ0) is 16.0. The smallest absolute Gasteiger partial charge is 0.230 e. The summed E-state index contributed by atoms with van der Waals surface area (Å²) in [7, 11) is 1.66. The summed E-state index contributed by atoms with van der Waals surface area (Å²) >= 11 is 0. The summed E-state index contributed by atoms with van der Waals surface area (Å²) in [5.74, 6) is 2.15. The lowest BCUT2D eigenvalue weighted by molar-refractivity contribution is -0.137. The lowest BCUT2D eigenvalue weighted by atomic mass is 9.92. The monoisotopic (exact) mass is 312 g/mol. The number of rotatable bonds is 3. The highest BCUT2D eigenvalue weighted by atomic mass is 16.5. The van der Waals surface area contributed by atoms with Gasteiger partial charge in [-0.05, 0) is 43.0 Å². The molecule has 1 fully saturated rings. The molecule has 4 rings (SSSR count). The van der Waals surface area contributed by atoms with Gasteiger partial charge in [0.2, 0.25) is 5.91 Å². The van der Waals surface area contributed by atoms with Gasteiger partial charge in [-0.2, -0.15) is 0 Å². The number of hydrogen-bond acceptors (Lipinski definition) is 4. The Hall–Kier alpha value is -2.30. The molecule has 5 nitrogen and oxygen atoms in total. The van der Waals surface area contributed by atoms with Crippen molar-refractivity contribution < 1.29 is 14.1 Å². The van der Waals surface area contributed by atoms with E-state index in [1.54, 1.807) is 7.11 Å². The summed E-state index contributed by atoms with van der Waals surface area (Å²) in [6.45, 7) is 3.36. The van der Waals surface area contributed by atoms with Crippen LogP contribution in [0.1, 0.15) is 40.8 Å². The van der Waals surface area contributed by atoms with Crippen molar-refractivity contribution in [3.8, 4) is 5.75 Å². The lowest BCUT2D eigenvalue weighted by Crippen LogP contribution is -2.50. The molecule has 1 unspecified atom stereocenters. The number of aromatic nitrogens is 1. The third-order valence-electron chi connectivity index (χ3n) is 4.99. The van der Waals surface area contributed by atoms with Crippen molar-refractivity contribution in [1.82, 2.24) is 10.1 Å². The Labute approximate surface area is 135 Å². The number of nitrogens with zero attached hydrogens (tertiary/aromatic N) is 2. The molecule has 1 aliphatic heterocycles. The van der Waals surface area contributed by atoms with Crippen LogP contribution in [0.15, 0.2) is 28.8 Å². The van der Waals surface area contributed by atoms with E-state index in [9.17, 15) is 4.79 Å². The number of methoxy groups -OCH3 is 1. The topological polar surface area (TPSA) is 55.6 Å². The average Bonchev–Trinajstić information content (AvgIpc) is 3.11. The van der Waals surface area contributed by atoms with Gasteiger partial charge < -0.3 is 14.2 Å². The maximum Gasteiger partial charge on any atom is 0.230 e. The summed E-state index contributed by atoms with van der Waals surface area (Å²) in [6, 6.07) is 8.03. The molecule has 1 aliphatic carbocycles. The molecule has 23 heavy (non-hydrogen) atoms. The van der Waals surface area contributed by atoms with E-state index in [4.69, 9.17) is 9.26 Å². The van der Waals surface area contributed by atoms with Crippen LogP contribution in [-0.2, 0) is 11.2 Å². The molecular formula is C18H20N2O3. The van der Waals surface area contributed by atoms with E-state index in [1.807, 2.05) is 30.0 Å². The molecule has 1 aromatic heterocycles. The van der Waals surface area contributed by atoms with E-state index >= 15 is 0 Å². The Kier molecular flexibility index (Phi) is 3.36. The number of hydrogen-bond donors (Lipinski definition) is 0. The van der Waals surface area contributed by atoms with Crippen LogP contribution in [0.2, 0.25) is 0 Å². The van der Waals surface area contributed by atoms with E-state index in [-0.39, 0.29) is 11.8 Å². The van der Waals surface area contributed by atoms with E-state index in [0.29, 0.717) is 5.92 Å². The molecule has 1 amide bonds. The van der Waals surface area contributed by atoms with Gasteiger partial charge in [-0.15, -0.1) is 0 Å². The van der Waals surface area contributed by atoms with Gasteiger partial charge >= 0.3 is 0 Å². The fraction of sp³-hybridized carbons (Fsp3) is 0.444. The number of amides is 1. The molecule has 0 bridgehead atoms. The normalized spacial score (nSPS) is 20.3. The van der Waals surface area contributed by atoms with Crippen LogP contribution in [0.5, 0.6) is 5.75 Å². The predicted molar refractivity (Wildman–Crippen MR) is 84.6 cm³/mol. The van der Waals surface area contributed by atoms with E-state index < -0.39 is 0 Å². The minimum Gasteiger partial charge on any atom is -0.497 e. The second-order valence-corrected chi connectivity index (χ2v) is 6.46. The Balaban J connectivity index is 1.46. The van der Waals surface area contributed by atoms with Crippen LogP contribution in [0.3, 0.4) is 0 Å². The first-order chi connectivity index (χ1) is 11.2. The summed E-state index contributed by atoms with van der Waals surface area (Å²) in [4.78, 5) is 14.8. The summed E-state index contributed by atoms with van der Waals surface area (Å²) < 4.78 is 10.4. The van der Waals surface area contributed by atoms with Crippen LogP contribution in [-0.4, -0.2) is 36.2 Å². The summed E-state index contributed by atoms with van der Waals surface area (Å²) in [5, 5.41) is 4.06. The zero-order valence-electron chi connectivity index (χ0n) is 13.4. The number of benzene rings is 1. The largest absolute Gasteiger partial charge is 0.497 e. The average molecular weight is 312 g/mol. The van der Waals surface area contributed by atoms with Crippen molar-refractivity contribution in [2.75, 3.05) is 20.2 Å². The Morgan fingerprint density at radius 2 is 2.17 bits per heavy atom.